The summed E-state index contributed by atoms with van der Waals surface area (Å²) >= 11 is 14.0. The number of methoxy groups -OCH3 is 1. The molecule has 5 nitrogen and oxygen atoms in total. The number of hydrogen-bond acceptors (Lipinski definition) is 4. The number of hydrogen-bond donors (Lipinski definition) is 1. The van der Waals surface area contributed by atoms with Crippen LogP contribution >= 0.6 is 35.0 Å². The zero-order chi connectivity index (χ0) is 24.5. The van der Waals surface area contributed by atoms with Gasteiger partial charge < -0.3 is 15.0 Å². The number of carbonyl (C=O) groups is 2. The monoisotopic (exact) mass is 522 g/mol. The summed E-state index contributed by atoms with van der Waals surface area (Å²) in [7, 11) is 1.63. The van der Waals surface area contributed by atoms with Crippen molar-refractivity contribution in [1.82, 2.24) is 10.2 Å². The van der Waals surface area contributed by atoms with Gasteiger partial charge >= 0.3 is 0 Å². The minimum absolute atomic E-state index is 0.101. The van der Waals surface area contributed by atoms with Crippen LogP contribution in [-0.4, -0.2) is 41.7 Å². The molecule has 1 atom stereocenters. The summed E-state index contributed by atoms with van der Waals surface area (Å²) in [6, 6.07) is 12.6. The Hall–Kier alpha value is -1.89. The van der Waals surface area contributed by atoms with Gasteiger partial charge in [0.05, 0.1) is 12.9 Å². The summed E-state index contributed by atoms with van der Waals surface area (Å²) < 4.78 is 5.20. The number of benzene rings is 2. The first-order valence-corrected chi connectivity index (χ1v) is 13.5. The van der Waals surface area contributed by atoms with E-state index in [9.17, 15) is 9.59 Å². The molecule has 8 heteroatoms. The Balaban J connectivity index is 1.67. The van der Waals surface area contributed by atoms with Crippen LogP contribution in [0.1, 0.15) is 50.2 Å². The van der Waals surface area contributed by atoms with Crippen LogP contribution in [0, 0.1) is 0 Å². The molecule has 2 aromatic rings. The summed E-state index contributed by atoms with van der Waals surface area (Å²) in [5.74, 6) is 1.53. The van der Waals surface area contributed by atoms with Crippen molar-refractivity contribution in [1.29, 1.82) is 0 Å². The molecular formula is C26H32Cl2N2O3S. The van der Waals surface area contributed by atoms with Crippen molar-refractivity contribution in [3.8, 4) is 5.75 Å². The van der Waals surface area contributed by atoms with E-state index < -0.39 is 6.04 Å². The summed E-state index contributed by atoms with van der Waals surface area (Å²) in [6.45, 7) is 2.03. The van der Waals surface area contributed by atoms with Gasteiger partial charge in [0.1, 0.15) is 11.8 Å². The molecule has 0 spiro atoms. The third kappa shape index (κ3) is 7.82. The molecular weight excluding hydrogens is 491 g/mol. The summed E-state index contributed by atoms with van der Waals surface area (Å²) in [5, 5.41) is 4.17. The van der Waals surface area contributed by atoms with Crippen molar-refractivity contribution in [2.45, 2.75) is 63.4 Å². The first kappa shape index (κ1) is 26.7. The number of amides is 2. The van der Waals surface area contributed by atoms with Crippen molar-refractivity contribution in [2.24, 2.45) is 0 Å². The maximum Gasteiger partial charge on any atom is 0.242 e. The lowest BCUT2D eigenvalue weighted by molar-refractivity contribution is -0.139. The molecule has 184 valence electrons. The van der Waals surface area contributed by atoms with Gasteiger partial charge in [-0.25, -0.2) is 0 Å². The molecule has 1 saturated carbocycles. The Kier molecular flexibility index (Phi) is 10.4. The number of carbonyl (C=O) groups excluding carboxylic acids is 2. The second-order valence-electron chi connectivity index (χ2n) is 8.62. The van der Waals surface area contributed by atoms with Crippen LogP contribution in [0.4, 0.5) is 0 Å². The highest BCUT2D eigenvalue weighted by Gasteiger charge is 2.28. The van der Waals surface area contributed by atoms with Gasteiger partial charge in [-0.1, -0.05) is 60.7 Å². The molecule has 2 amide bonds. The minimum Gasteiger partial charge on any atom is -0.497 e. The van der Waals surface area contributed by atoms with Crippen LogP contribution in [0.5, 0.6) is 5.75 Å². The van der Waals surface area contributed by atoms with E-state index >= 15 is 0 Å². The second kappa shape index (κ2) is 13.3. The van der Waals surface area contributed by atoms with E-state index in [1.807, 2.05) is 24.3 Å². The highest BCUT2D eigenvalue weighted by Crippen LogP contribution is 2.25. The second-order valence-corrected chi connectivity index (χ2v) is 10.4. The number of thioether (sulfide) groups is 1. The van der Waals surface area contributed by atoms with Crippen molar-refractivity contribution < 1.29 is 14.3 Å². The van der Waals surface area contributed by atoms with E-state index in [1.54, 1.807) is 37.1 Å². The highest BCUT2D eigenvalue weighted by atomic mass is 35.5. The first-order chi connectivity index (χ1) is 16.4. The lowest BCUT2D eigenvalue weighted by atomic mass is 9.95. The van der Waals surface area contributed by atoms with Crippen LogP contribution in [0.15, 0.2) is 42.5 Å². The maximum absolute atomic E-state index is 13.3. The number of rotatable bonds is 10. The standard InChI is InChI=1S/C26H32Cl2N2O3S/c1-18(26(32)29-22-6-4-3-5-7-22)30(15-20-10-11-21(27)14-24(20)28)25(31)17-34-16-19-8-12-23(33-2)13-9-19/h8-14,18,22H,3-7,15-17H2,1-2H3,(H,29,32)/t18-/m1/s1. The van der Waals surface area contributed by atoms with Crippen molar-refractivity contribution in [3.63, 3.8) is 0 Å². The fourth-order valence-corrected chi connectivity index (χ4v) is 5.38. The average Bonchev–Trinajstić information content (AvgIpc) is 2.84. The van der Waals surface area contributed by atoms with E-state index in [1.165, 1.54) is 18.2 Å². The quantitative estimate of drug-likeness (QED) is 0.409. The third-order valence-corrected chi connectivity index (χ3v) is 7.70. The molecule has 1 aliphatic rings. The molecule has 3 rings (SSSR count). The fourth-order valence-electron chi connectivity index (χ4n) is 4.05. The van der Waals surface area contributed by atoms with Gasteiger partial charge in [0.15, 0.2) is 0 Å². The smallest absolute Gasteiger partial charge is 0.242 e. The SMILES string of the molecule is COc1ccc(CSCC(=O)N(Cc2ccc(Cl)cc2Cl)[C@H](C)C(=O)NC2CCCCC2)cc1. The Morgan fingerprint density at radius 2 is 1.82 bits per heavy atom. The molecule has 34 heavy (non-hydrogen) atoms. The molecule has 0 aromatic heterocycles. The predicted molar refractivity (Wildman–Crippen MR) is 141 cm³/mol. The maximum atomic E-state index is 13.3. The van der Waals surface area contributed by atoms with Crippen molar-refractivity contribution >= 4 is 46.8 Å². The Labute approximate surface area is 216 Å². The predicted octanol–water partition coefficient (Wildman–Crippen LogP) is 6.10. The molecule has 1 N–H and O–H groups in total. The van der Waals surface area contributed by atoms with E-state index in [2.05, 4.69) is 5.32 Å². The van der Waals surface area contributed by atoms with Crippen LogP contribution in [0.2, 0.25) is 10.0 Å². The normalized spacial score (nSPS) is 14.9. The van der Waals surface area contributed by atoms with E-state index in [-0.39, 0.29) is 30.2 Å². The fraction of sp³-hybridized carbons (Fsp3) is 0.462. The summed E-state index contributed by atoms with van der Waals surface area (Å²) in [5.41, 5.74) is 1.87. The number of nitrogens with zero attached hydrogens (tertiary/aromatic N) is 1. The van der Waals surface area contributed by atoms with Gasteiger partial charge in [0.25, 0.3) is 0 Å². The molecule has 0 bridgehead atoms. The lowest BCUT2D eigenvalue weighted by Crippen LogP contribution is -2.50. The lowest BCUT2D eigenvalue weighted by Gasteiger charge is -2.31. The van der Waals surface area contributed by atoms with Gasteiger partial charge in [-0.2, -0.15) is 0 Å². The van der Waals surface area contributed by atoms with Crippen LogP contribution in [0.25, 0.3) is 0 Å². The minimum atomic E-state index is -0.609. The Morgan fingerprint density at radius 3 is 2.47 bits per heavy atom. The van der Waals surface area contributed by atoms with Gasteiger partial charge in [-0.05, 0) is 55.2 Å². The van der Waals surface area contributed by atoms with E-state index in [0.717, 1.165) is 42.6 Å². The number of halogens is 2. The Morgan fingerprint density at radius 1 is 1.12 bits per heavy atom. The van der Waals surface area contributed by atoms with Gasteiger partial charge in [0.2, 0.25) is 11.8 Å². The zero-order valence-electron chi connectivity index (χ0n) is 19.7. The van der Waals surface area contributed by atoms with Gasteiger partial charge in [0, 0.05) is 28.4 Å². The highest BCUT2D eigenvalue weighted by molar-refractivity contribution is 7.99. The third-order valence-electron chi connectivity index (χ3n) is 6.13. The Bertz CT molecular complexity index is 965. The molecule has 0 unspecified atom stereocenters. The zero-order valence-corrected chi connectivity index (χ0v) is 22.0. The summed E-state index contributed by atoms with van der Waals surface area (Å²) in [6.07, 6.45) is 5.46. The van der Waals surface area contributed by atoms with Gasteiger partial charge in [-0.15, -0.1) is 11.8 Å². The first-order valence-electron chi connectivity index (χ1n) is 11.6. The van der Waals surface area contributed by atoms with Gasteiger partial charge in [-0.3, -0.25) is 9.59 Å². The van der Waals surface area contributed by atoms with Crippen molar-refractivity contribution in [2.75, 3.05) is 12.9 Å². The summed E-state index contributed by atoms with van der Waals surface area (Å²) in [4.78, 5) is 28.0. The van der Waals surface area contributed by atoms with Crippen LogP contribution < -0.4 is 10.1 Å². The topological polar surface area (TPSA) is 58.6 Å². The molecule has 0 aliphatic heterocycles. The molecule has 1 fully saturated rings. The van der Waals surface area contributed by atoms with Crippen molar-refractivity contribution in [3.05, 3.63) is 63.6 Å². The molecule has 2 aromatic carbocycles. The van der Waals surface area contributed by atoms with E-state index in [0.29, 0.717) is 15.8 Å². The number of ether oxygens (including phenoxy) is 1. The largest absolute Gasteiger partial charge is 0.497 e. The molecule has 1 aliphatic carbocycles. The van der Waals surface area contributed by atoms with Crippen LogP contribution in [0.3, 0.4) is 0 Å². The van der Waals surface area contributed by atoms with E-state index in [4.69, 9.17) is 27.9 Å². The average molecular weight is 524 g/mol. The van der Waals surface area contributed by atoms with Crippen LogP contribution in [-0.2, 0) is 21.9 Å². The molecule has 0 saturated heterocycles. The number of nitrogens with one attached hydrogen (secondary N) is 1. The molecule has 0 radical (unpaired) electrons. The molecule has 0 heterocycles.